The maximum Gasteiger partial charge on any atom is 0.254 e. The van der Waals surface area contributed by atoms with E-state index in [4.69, 9.17) is 0 Å². The van der Waals surface area contributed by atoms with Crippen LogP contribution in [-0.2, 0) is 26.2 Å². The maximum absolute atomic E-state index is 13.0. The van der Waals surface area contributed by atoms with Gasteiger partial charge in [-0.3, -0.25) is 9.59 Å². The molecule has 25 heavy (non-hydrogen) atoms. The van der Waals surface area contributed by atoms with Crippen molar-refractivity contribution >= 4 is 44.9 Å². The summed E-state index contributed by atoms with van der Waals surface area (Å²) in [5.74, 6) is 0.435. The van der Waals surface area contributed by atoms with Crippen molar-refractivity contribution in [3.05, 3.63) is 17.0 Å². The Kier molecular flexibility index (Phi) is 6.89. The molecule has 1 aromatic heterocycles. The predicted octanol–water partition coefficient (Wildman–Crippen LogP) is 1.32. The molecular formula is C15H23N3O4S3. The van der Waals surface area contributed by atoms with E-state index in [1.807, 2.05) is 13.8 Å². The van der Waals surface area contributed by atoms with Gasteiger partial charge in [0.15, 0.2) is 0 Å². The molecule has 1 saturated heterocycles. The van der Waals surface area contributed by atoms with Gasteiger partial charge in [0.25, 0.3) is 10.0 Å². The number of nitrogens with one attached hydrogen (secondary N) is 1. The first-order chi connectivity index (χ1) is 11.8. The molecule has 1 aromatic rings. The third-order valence-corrected chi connectivity index (χ3v) is 8.50. The molecule has 2 heterocycles. The summed E-state index contributed by atoms with van der Waals surface area (Å²) >= 11 is 2.57. The zero-order chi connectivity index (χ0) is 18.6. The lowest BCUT2D eigenvalue weighted by molar-refractivity contribution is -0.133. The second-order valence-electron chi connectivity index (χ2n) is 5.55. The minimum absolute atomic E-state index is 0.145. The topological polar surface area (TPSA) is 86.8 Å². The Bertz CT molecular complexity index is 728. The van der Waals surface area contributed by atoms with E-state index >= 15 is 0 Å². The van der Waals surface area contributed by atoms with Gasteiger partial charge in [0, 0.05) is 30.6 Å². The van der Waals surface area contributed by atoms with E-state index in [2.05, 4.69) is 5.32 Å². The van der Waals surface area contributed by atoms with Crippen molar-refractivity contribution in [2.45, 2.75) is 37.6 Å². The number of thiophene rings is 1. The van der Waals surface area contributed by atoms with Gasteiger partial charge < -0.3 is 10.2 Å². The lowest BCUT2D eigenvalue weighted by Gasteiger charge is -2.27. The van der Waals surface area contributed by atoms with Crippen LogP contribution in [-0.4, -0.2) is 60.2 Å². The van der Waals surface area contributed by atoms with Gasteiger partial charge in [0.2, 0.25) is 11.8 Å². The molecule has 140 valence electrons. The van der Waals surface area contributed by atoms with Gasteiger partial charge in [-0.15, -0.1) is 23.1 Å². The highest BCUT2D eigenvalue weighted by Gasteiger charge is 2.41. The molecule has 0 bridgehead atoms. The van der Waals surface area contributed by atoms with Gasteiger partial charge in [0.1, 0.15) is 10.3 Å². The zero-order valence-electron chi connectivity index (χ0n) is 14.5. The molecule has 0 saturated carbocycles. The number of rotatable bonds is 7. The molecule has 0 aliphatic carbocycles. The Balaban J connectivity index is 2.20. The summed E-state index contributed by atoms with van der Waals surface area (Å²) in [6.07, 6.45) is 0. The summed E-state index contributed by atoms with van der Waals surface area (Å²) in [5.41, 5.74) is 0. The van der Waals surface area contributed by atoms with Crippen LogP contribution in [0, 0.1) is 0 Å². The van der Waals surface area contributed by atoms with Crippen LogP contribution in [0.15, 0.2) is 16.3 Å². The van der Waals surface area contributed by atoms with Gasteiger partial charge in [-0.2, -0.15) is 4.31 Å². The third-order valence-electron chi connectivity index (χ3n) is 3.91. The highest BCUT2D eigenvalue weighted by atomic mass is 32.2. The highest BCUT2D eigenvalue weighted by Crippen LogP contribution is 2.32. The van der Waals surface area contributed by atoms with Gasteiger partial charge in [-0.1, -0.05) is 0 Å². The molecule has 2 rings (SSSR count). The molecule has 2 amide bonds. The van der Waals surface area contributed by atoms with Gasteiger partial charge >= 0.3 is 0 Å². The van der Waals surface area contributed by atoms with Crippen molar-refractivity contribution in [2.24, 2.45) is 0 Å². The van der Waals surface area contributed by atoms with Gasteiger partial charge in [0.05, 0.1) is 12.4 Å². The van der Waals surface area contributed by atoms with Crippen LogP contribution >= 0.6 is 23.1 Å². The standard InChI is InChI=1S/C15H23N3O4S3/c1-4-17(5-2)15(20)13-9-23-10-18(13)25(21,22)14-7-6-12(24-14)8-16-11(3)19/h6-7,13H,4-5,8-10H2,1-3H3,(H,16,19)/t13-/m0/s1. The third kappa shape index (κ3) is 4.55. The van der Waals surface area contributed by atoms with E-state index in [1.54, 1.807) is 17.0 Å². The fraction of sp³-hybridized carbons (Fsp3) is 0.600. The van der Waals surface area contributed by atoms with Crippen molar-refractivity contribution in [3.63, 3.8) is 0 Å². The highest BCUT2D eigenvalue weighted by molar-refractivity contribution is 8.01. The van der Waals surface area contributed by atoms with E-state index in [9.17, 15) is 18.0 Å². The number of amides is 2. The lowest BCUT2D eigenvalue weighted by Crippen LogP contribution is -2.48. The monoisotopic (exact) mass is 405 g/mol. The first-order valence-corrected chi connectivity index (χ1v) is 11.4. The van der Waals surface area contributed by atoms with Crippen LogP contribution in [0.25, 0.3) is 0 Å². The van der Waals surface area contributed by atoms with Crippen LogP contribution in [0.2, 0.25) is 0 Å². The molecule has 1 N–H and O–H groups in total. The summed E-state index contributed by atoms with van der Waals surface area (Å²) in [6, 6.07) is 2.58. The minimum Gasteiger partial charge on any atom is -0.351 e. The molecule has 1 atom stereocenters. The molecule has 1 fully saturated rings. The van der Waals surface area contributed by atoms with E-state index in [1.165, 1.54) is 23.0 Å². The Hall–Kier alpha value is -1.10. The van der Waals surface area contributed by atoms with Crippen molar-refractivity contribution in [1.82, 2.24) is 14.5 Å². The summed E-state index contributed by atoms with van der Waals surface area (Å²) < 4.78 is 27.4. The predicted molar refractivity (Wildman–Crippen MR) is 99.9 cm³/mol. The van der Waals surface area contributed by atoms with Crippen molar-refractivity contribution in [2.75, 3.05) is 24.7 Å². The Morgan fingerprint density at radius 3 is 2.60 bits per heavy atom. The Labute approximate surface area is 156 Å². The fourth-order valence-electron chi connectivity index (χ4n) is 2.52. The zero-order valence-corrected chi connectivity index (χ0v) is 17.0. The number of hydrogen-bond acceptors (Lipinski definition) is 6. The number of carbonyl (C=O) groups is 2. The fourth-order valence-corrected chi connectivity index (χ4v) is 7.08. The normalized spacial score (nSPS) is 18.3. The SMILES string of the molecule is CCN(CC)C(=O)[C@@H]1CSCN1S(=O)(=O)c1ccc(CNC(C)=O)s1. The average Bonchev–Trinajstić information content (AvgIpc) is 3.23. The molecular weight excluding hydrogens is 382 g/mol. The van der Waals surface area contributed by atoms with E-state index in [0.29, 0.717) is 25.4 Å². The van der Waals surface area contributed by atoms with Gasteiger partial charge in [-0.25, -0.2) is 8.42 Å². The minimum atomic E-state index is -3.73. The number of carbonyl (C=O) groups excluding carboxylic acids is 2. The maximum atomic E-state index is 13.0. The first-order valence-electron chi connectivity index (χ1n) is 8.02. The molecule has 0 aromatic carbocycles. The number of thioether (sulfide) groups is 1. The second-order valence-corrected chi connectivity index (χ2v) is 9.83. The molecule has 10 heteroatoms. The van der Waals surface area contributed by atoms with Crippen molar-refractivity contribution in [3.8, 4) is 0 Å². The number of sulfonamides is 1. The number of hydrogen-bond donors (Lipinski definition) is 1. The smallest absolute Gasteiger partial charge is 0.254 e. The largest absolute Gasteiger partial charge is 0.351 e. The van der Waals surface area contributed by atoms with Crippen molar-refractivity contribution in [1.29, 1.82) is 0 Å². The first kappa shape index (κ1) is 20.2. The van der Waals surface area contributed by atoms with Crippen LogP contribution in [0.3, 0.4) is 0 Å². The van der Waals surface area contributed by atoms with Crippen LogP contribution < -0.4 is 5.32 Å². The van der Waals surface area contributed by atoms with E-state index in [-0.39, 0.29) is 21.9 Å². The molecule has 0 spiro atoms. The molecule has 1 aliphatic heterocycles. The van der Waals surface area contributed by atoms with Crippen LogP contribution in [0.1, 0.15) is 25.6 Å². The Morgan fingerprint density at radius 2 is 2.00 bits per heavy atom. The summed E-state index contributed by atoms with van der Waals surface area (Å²) in [7, 11) is -3.73. The number of nitrogens with zero attached hydrogens (tertiary/aromatic N) is 2. The summed E-state index contributed by atoms with van der Waals surface area (Å²) in [6.45, 7) is 6.60. The summed E-state index contributed by atoms with van der Waals surface area (Å²) in [5, 5.41) is 2.65. The Morgan fingerprint density at radius 1 is 1.32 bits per heavy atom. The van der Waals surface area contributed by atoms with Crippen molar-refractivity contribution < 1.29 is 18.0 Å². The lowest BCUT2D eigenvalue weighted by atomic mass is 10.3. The second kappa shape index (κ2) is 8.52. The molecule has 0 unspecified atom stereocenters. The van der Waals surface area contributed by atoms with E-state index < -0.39 is 16.1 Å². The molecule has 0 radical (unpaired) electrons. The van der Waals surface area contributed by atoms with E-state index in [0.717, 1.165) is 16.2 Å². The average molecular weight is 406 g/mol. The quantitative estimate of drug-likeness (QED) is 0.739. The summed E-state index contributed by atoms with van der Waals surface area (Å²) in [4.78, 5) is 26.1. The van der Waals surface area contributed by atoms with Gasteiger partial charge in [-0.05, 0) is 26.0 Å². The van der Waals surface area contributed by atoms with Crippen LogP contribution in [0.4, 0.5) is 0 Å². The number of likely N-dealkylation sites (N-methyl/N-ethyl adjacent to an activating group) is 1. The molecule has 7 nitrogen and oxygen atoms in total. The van der Waals surface area contributed by atoms with Crippen LogP contribution in [0.5, 0.6) is 0 Å². The molecule has 1 aliphatic rings.